The molecule has 5 rings (SSSR count). The highest BCUT2D eigenvalue weighted by Crippen LogP contribution is 2.25. The van der Waals surface area contributed by atoms with E-state index in [1.54, 1.807) is 4.57 Å². The van der Waals surface area contributed by atoms with Crippen LogP contribution in [0.4, 0.5) is 0 Å². The zero-order chi connectivity index (χ0) is 33.5. The van der Waals surface area contributed by atoms with Crippen LogP contribution in [-0.2, 0) is 17.4 Å². The number of nitrogens with one attached hydrogen (secondary N) is 4. The van der Waals surface area contributed by atoms with Gasteiger partial charge < -0.3 is 32.4 Å². The standard InChI is InChI=1S/C21H29N7O.C14H20N2O/c1-21(2,3)17-11-15-13-28(20(29)27-18(15)26-17)16-7-5-14(6-8-16)12-24-9-4-10-25-19(22)23;1-14(2,3)11-6-4-10(5-7-11)13(17)16-12-8-15-9-12/h5-8,11,13,24H,4,9-10,12H2,1-3H3,(H4,22,23,25)(H,26,27,29);4-7,12,15H,8-9H2,1-3H3,(H,16,17). The molecular weight excluding hydrogens is 578 g/mol. The summed E-state index contributed by atoms with van der Waals surface area (Å²) < 4.78 is 1.58. The van der Waals surface area contributed by atoms with Crippen molar-refractivity contribution in [2.24, 2.45) is 16.5 Å². The molecule has 0 bridgehead atoms. The van der Waals surface area contributed by atoms with Gasteiger partial charge in [-0.05, 0) is 59.8 Å². The Bertz CT molecular complexity index is 1680. The Morgan fingerprint density at radius 1 is 1.00 bits per heavy atom. The fraction of sp³-hybridized carbons (Fsp3) is 0.429. The van der Waals surface area contributed by atoms with Crippen LogP contribution in [0.1, 0.15) is 75.1 Å². The van der Waals surface area contributed by atoms with E-state index in [0.717, 1.165) is 60.5 Å². The fourth-order valence-electron chi connectivity index (χ4n) is 4.78. The number of amides is 1. The SMILES string of the molecule is CC(C)(C)c1cc2cn(-c3ccc(CNCCCN=C(N)N)cc3)c(=O)nc2[nH]1.CC(C)(C)c1ccc(C(=O)NC2CNC2)cc1. The van der Waals surface area contributed by atoms with Gasteiger partial charge in [0.15, 0.2) is 5.96 Å². The van der Waals surface area contributed by atoms with E-state index in [2.05, 4.69) is 78.5 Å². The smallest absolute Gasteiger partial charge is 0.354 e. The summed E-state index contributed by atoms with van der Waals surface area (Å²) in [4.78, 5) is 35.8. The van der Waals surface area contributed by atoms with Crippen LogP contribution in [0.25, 0.3) is 16.7 Å². The molecule has 0 unspecified atom stereocenters. The number of nitrogens with two attached hydrogens (primary N) is 2. The van der Waals surface area contributed by atoms with Crippen molar-refractivity contribution >= 4 is 22.9 Å². The molecule has 0 saturated carbocycles. The Hall–Kier alpha value is -4.48. The molecule has 0 radical (unpaired) electrons. The van der Waals surface area contributed by atoms with E-state index >= 15 is 0 Å². The molecule has 8 N–H and O–H groups in total. The van der Waals surface area contributed by atoms with Crippen LogP contribution in [0, 0.1) is 0 Å². The van der Waals surface area contributed by atoms with Crippen LogP contribution < -0.4 is 33.1 Å². The van der Waals surface area contributed by atoms with E-state index < -0.39 is 0 Å². The Balaban J connectivity index is 0.000000240. The van der Waals surface area contributed by atoms with Gasteiger partial charge in [0.05, 0.1) is 11.7 Å². The van der Waals surface area contributed by atoms with Crippen molar-refractivity contribution in [2.75, 3.05) is 26.2 Å². The van der Waals surface area contributed by atoms with Crippen molar-refractivity contribution in [1.82, 2.24) is 30.5 Å². The summed E-state index contributed by atoms with van der Waals surface area (Å²) in [6.45, 7) is 16.8. The van der Waals surface area contributed by atoms with Crippen LogP contribution >= 0.6 is 0 Å². The van der Waals surface area contributed by atoms with Crippen molar-refractivity contribution in [3.05, 3.63) is 93.7 Å². The molecule has 2 aromatic heterocycles. The van der Waals surface area contributed by atoms with E-state index in [0.29, 0.717) is 18.2 Å². The summed E-state index contributed by atoms with van der Waals surface area (Å²) in [6, 6.07) is 18.1. The quantitative estimate of drug-likeness (QED) is 0.0938. The molecule has 1 aliphatic heterocycles. The van der Waals surface area contributed by atoms with Crippen LogP contribution in [0.15, 0.2) is 70.6 Å². The molecule has 0 spiro atoms. The van der Waals surface area contributed by atoms with Crippen LogP contribution in [0.3, 0.4) is 0 Å². The number of hydrogen-bond donors (Lipinski definition) is 6. The Labute approximate surface area is 271 Å². The normalized spacial score (nSPS) is 13.4. The van der Waals surface area contributed by atoms with Crippen molar-refractivity contribution in [2.45, 2.75) is 71.4 Å². The highest BCUT2D eigenvalue weighted by molar-refractivity contribution is 5.94. The number of H-pyrrole nitrogens is 1. The van der Waals surface area contributed by atoms with E-state index in [1.807, 2.05) is 54.7 Å². The number of benzene rings is 2. The molecule has 1 saturated heterocycles. The Kier molecular flexibility index (Phi) is 11.0. The molecule has 0 atom stereocenters. The molecule has 1 aliphatic rings. The largest absolute Gasteiger partial charge is 0.370 e. The highest BCUT2D eigenvalue weighted by Gasteiger charge is 2.20. The molecule has 246 valence electrons. The topological polar surface area (TPSA) is 168 Å². The van der Waals surface area contributed by atoms with E-state index in [1.165, 1.54) is 5.56 Å². The molecule has 0 aliphatic carbocycles. The van der Waals surface area contributed by atoms with Gasteiger partial charge in [0.1, 0.15) is 5.65 Å². The second-order valence-corrected chi connectivity index (χ2v) is 13.8. The maximum absolute atomic E-state index is 12.5. The number of carbonyl (C=O) groups excluding carboxylic acids is 1. The van der Waals surface area contributed by atoms with Crippen LogP contribution in [0.2, 0.25) is 0 Å². The number of guanidine groups is 1. The second-order valence-electron chi connectivity index (χ2n) is 13.8. The zero-order valence-corrected chi connectivity index (χ0v) is 27.9. The number of aromatic nitrogens is 3. The van der Waals surface area contributed by atoms with Gasteiger partial charge >= 0.3 is 5.69 Å². The number of aromatic amines is 1. The number of aliphatic imine (C=N–C) groups is 1. The summed E-state index contributed by atoms with van der Waals surface area (Å²) in [5.74, 6) is 0.148. The number of carbonyl (C=O) groups is 1. The first-order valence-corrected chi connectivity index (χ1v) is 15.8. The first-order chi connectivity index (χ1) is 21.7. The van der Waals surface area contributed by atoms with Gasteiger partial charge in [-0.2, -0.15) is 4.98 Å². The zero-order valence-electron chi connectivity index (χ0n) is 27.9. The maximum Gasteiger partial charge on any atom is 0.354 e. The van der Waals surface area contributed by atoms with Gasteiger partial charge in [-0.15, -0.1) is 0 Å². The van der Waals surface area contributed by atoms with Gasteiger partial charge in [0, 0.05) is 54.4 Å². The third-order valence-electron chi connectivity index (χ3n) is 7.80. The van der Waals surface area contributed by atoms with E-state index in [4.69, 9.17) is 11.5 Å². The van der Waals surface area contributed by atoms with Crippen molar-refractivity contribution < 1.29 is 4.79 Å². The first-order valence-electron chi connectivity index (χ1n) is 15.8. The van der Waals surface area contributed by atoms with E-state index in [-0.39, 0.29) is 28.4 Å². The van der Waals surface area contributed by atoms with Gasteiger partial charge in [-0.1, -0.05) is 65.8 Å². The third-order valence-corrected chi connectivity index (χ3v) is 7.80. The predicted octanol–water partition coefficient (Wildman–Crippen LogP) is 3.45. The number of fused-ring (bicyclic) bond motifs is 1. The minimum atomic E-state index is -0.301. The van der Waals surface area contributed by atoms with Crippen LogP contribution in [-0.4, -0.2) is 58.6 Å². The Morgan fingerprint density at radius 2 is 1.67 bits per heavy atom. The number of hydrogen-bond acceptors (Lipinski definition) is 6. The van der Waals surface area contributed by atoms with Gasteiger partial charge in [0.2, 0.25) is 0 Å². The molecule has 46 heavy (non-hydrogen) atoms. The second kappa shape index (κ2) is 14.7. The van der Waals surface area contributed by atoms with Crippen LogP contribution in [0.5, 0.6) is 0 Å². The Morgan fingerprint density at radius 3 is 2.24 bits per heavy atom. The number of rotatable bonds is 9. The number of nitrogens with zero attached hydrogens (tertiary/aromatic N) is 3. The summed E-state index contributed by atoms with van der Waals surface area (Å²) >= 11 is 0. The van der Waals surface area contributed by atoms with Gasteiger partial charge in [-0.3, -0.25) is 14.4 Å². The summed E-state index contributed by atoms with van der Waals surface area (Å²) in [5, 5.41) is 10.4. The van der Waals surface area contributed by atoms with Crippen molar-refractivity contribution in [1.29, 1.82) is 0 Å². The lowest BCUT2D eigenvalue weighted by atomic mass is 9.86. The highest BCUT2D eigenvalue weighted by atomic mass is 16.2. The molecule has 1 amide bonds. The van der Waals surface area contributed by atoms with Crippen molar-refractivity contribution in [3.63, 3.8) is 0 Å². The average Bonchev–Trinajstić information content (AvgIpc) is 3.40. The lowest BCUT2D eigenvalue weighted by molar-refractivity contribution is 0.0924. The third kappa shape index (κ3) is 9.51. The molecule has 4 aromatic rings. The summed E-state index contributed by atoms with van der Waals surface area (Å²) in [5.41, 5.74) is 16.0. The molecule has 1 fully saturated rings. The fourth-order valence-corrected chi connectivity index (χ4v) is 4.78. The average molecular weight is 628 g/mol. The molecular formula is C35H49N9O2. The molecule has 11 heteroatoms. The summed E-state index contributed by atoms with van der Waals surface area (Å²) in [7, 11) is 0. The predicted molar refractivity (Wildman–Crippen MR) is 187 cm³/mol. The van der Waals surface area contributed by atoms with E-state index in [9.17, 15) is 9.59 Å². The monoisotopic (exact) mass is 627 g/mol. The summed E-state index contributed by atoms with van der Waals surface area (Å²) in [6.07, 6.45) is 2.71. The lowest BCUT2D eigenvalue weighted by Gasteiger charge is -2.28. The maximum atomic E-state index is 12.5. The van der Waals surface area contributed by atoms with Gasteiger partial charge in [0.25, 0.3) is 5.91 Å². The molecule has 11 nitrogen and oxygen atoms in total. The molecule has 2 aromatic carbocycles. The van der Waals surface area contributed by atoms with Gasteiger partial charge in [-0.25, -0.2) is 4.79 Å². The lowest BCUT2D eigenvalue weighted by Crippen LogP contribution is -2.56. The van der Waals surface area contributed by atoms with Crippen molar-refractivity contribution in [3.8, 4) is 5.69 Å². The first kappa shape index (κ1) is 34.4. The molecule has 3 heterocycles. The minimum Gasteiger partial charge on any atom is -0.370 e. The minimum absolute atomic E-state index is 0.0250.